The molecule has 0 spiro atoms. The van der Waals surface area contributed by atoms with E-state index in [1.54, 1.807) is 18.5 Å². The summed E-state index contributed by atoms with van der Waals surface area (Å²) >= 11 is 0. The molecular formula is C19H14N4O. The van der Waals surface area contributed by atoms with E-state index >= 15 is 0 Å². The molecule has 0 aliphatic heterocycles. The van der Waals surface area contributed by atoms with Crippen molar-refractivity contribution in [3.63, 3.8) is 0 Å². The van der Waals surface area contributed by atoms with Crippen molar-refractivity contribution >= 4 is 23.3 Å². The van der Waals surface area contributed by atoms with Gasteiger partial charge in [-0.25, -0.2) is 9.67 Å². The number of nitrogens with one attached hydrogen (secondary N) is 1. The van der Waals surface area contributed by atoms with Gasteiger partial charge in [0.15, 0.2) is 0 Å². The molecule has 0 bridgehead atoms. The highest BCUT2D eigenvalue weighted by Crippen LogP contribution is 2.17. The monoisotopic (exact) mass is 314 g/mol. The summed E-state index contributed by atoms with van der Waals surface area (Å²) in [6.07, 6.45) is 5.10. The molecule has 2 aromatic carbocycles. The van der Waals surface area contributed by atoms with Crippen LogP contribution in [0.1, 0.15) is 5.56 Å². The first kappa shape index (κ1) is 14.1. The zero-order valence-electron chi connectivity index (χ0n) is 12.8. The summed E-state index contributed by atoms with van der Waals surface area (Å²) in [5.41, 5.74) is 2.99. The minimum absolute atomic E-state index is 0.219. The average molecular weight is 314 g/mol. The van der Waals surface area contributed by atoms with E-state index in [0.29, 0.717) is 11.4 Å². The van der Waals surface area contributed by atoms with Crippen molar-refractivity contribution in [1.82, 2.24) is 19.7 Å². The fourth-order valence-electron chi connectivity index (χ4n) is 2.51. The van der Waals surface area contributed by atoms with Crippen LogP contribution in [0.5, 0.6) is 0 Å². The Morgan fingerprint density at radius 2 is 1.75 bits per heavy atom. The van der Waals surface area contributed by atoms with Gasteiger partial charge in [-0.05, 0) is 29.8 Å². The van der Waals surface area contributed by atoms with Crippen LogP contribution >= 0.6 is 0 Å². The van der Waals surface area contributed by atoms with Crippen molar-refractivity contribution in [2.45, 2.75) is 0 Å². The molecule has 2 heterocycles. The first-order valence-corrected chi connectivity index (χ1v) is 7.57. The Morgan fingerprint density at radius 3 is 2.58 bits per heavy atom. The smallest absolute Gasteiger partial charge is 0.281 e. The minimum Gasteiger partial charge on any atom is -0.338 e. The maximum atomic E-state index is 12.7. The highest BCUT2D eigenvalue weighted by atomic mass is 16.1. The maximum absolute atomic E-state index is 12.7. The Labute approximate surface area is 137 Å². The largest absolute Gasteiger partial charge is 0.338 e. The second-order valence-electron chi connectivity index (χ2n) is 5.32. The van der Waals surface area contributed by atoms with Crippen molar-refractivity contribution in [1.29, 1.82) is 0 Å². The first-order valence-electron chi connectivity index (χ1n) is 7.57. The molecule has 0 amide bonds. The normalized spacial score (nSPS) is 11.3. The molecular weight excluding hydrogens is 300 g/mol. The van der Waals surface area contributed by atoms with Crippen LogP contribution in [0, 0.1) is 0 Å². The molecule has 0 aliphatic carbocycles. The number of imidazole rings is 1. The van der Waals surface area contributed by atoms with Gasteiger partial charge in [0.2, 0.25) is 0 Å². The zero-order chi connectivity index (χ0) is 16.4. The standard InChI is InChI=1S/C19H14N4O/c24-19-15(18-21-16-8-4-5-9-17(16)22-18)10-12-20-23(19)13-11-14-6-2-1-3-7-14/h1-13H,(H,21,22). The quantitative estimate of drug-likeness (QED) is 0.630. The van der Waals surface area contributed by atoms with E-state index < -0.39 is 0 Å². The fourth-order valence-corrected chi connectivity index (χ4v) is 2.51. The number of para-hydroxylation sites is 2. The van der Waals surface area contributed by atoms with E-state index in [0.717, 1.165) is 16.6 Å². The van der Waals surface area contributed by atoms with Crippen molar-refractivity contribution in [3.05, 3.63) is 82.8 Å². The number of hydrogen-bond acceptors (Lipinski definition) is 3. The molecule has 1 N–H and O–H groups in total. The van der Waals surface area contributed by atoms with Crippen molar-refractivity contribution < 1.29 is 0 Å². The highest BCUT2D eigenvalue weighted by molar-refractivity contribution is 5.79. The topological polar surface area (TPSA) is 63.6 Å². The van der Waals surface area contributed by atoms with Crippen LogP contribution in [0.3, 0.4) is 0 Å². The summed E-state index contributed by atoms with van der Waals surface area (Å²) in [7, 11) is 0. The number of hydrogen-bond donors (Lipinski definition) is 1. The predicted molar refractivity (Wildman–Crippen MR) is 95.3 cm³/mol. The lowest BCUT2D eigenvalue weighted by Crippen LogP contribution is -2.19. The predicted octanol–water partition coefficient (Wildman–Crippen LogP) is 3.41. The van der Waals surface area contributed by atoms with Gasteiger partial charge in [0.05, 0.1) is 16.6 Å². The van der Waals surface area contributed by atoms with Crippen LogP contribution in [0.25, 0.3) is 34.7 Å². The maximum Gasteiger partial charge on any atom is 0.281 e. The highest BCUT2D eigenvalue weighted by Gasteiger charge is 2.10. The Hall–Kier alpha value is -3.47. The van der Waals surface area contributed by atoms with E-state index in [4.69, 9.17) is 0 Å². The molecule has 2 aromatic heterocycles. The number of H-pyrrole nitrogens is 1. The fraction of sp³-hybridized carbons (Fsp3) is 0. The summed E-state index contributed by atoms with van der Waals surface area (Å²) in [6.45, 7) is 0. The summed E-state index contributed by atoms with van der Waals surface area (Å²) in [6, 6.07) is 19.1. The summed E-state index contributed by atoms with van der Waals surface area (Å²) in [5, 5.41) is 4.11. The van der Waals surface area contributed by atoms with Crippen LogP contribution in [-0.4, -0.2) is 19.7 Å². The lowest BCUT2D eigenvalue weighted by Gasteiger charge is -2.00. The third-order valence-electron chi connectivity index (χ3n) is 3.72. The summed E-state index contributed by atoms with van der Waals surface area (Å²) < 4.78 is 1.32. The van der Waals surface area contributed by atoms with Gasteiger partial charge < -0.3 is 4.98 Å². The van der Waals surface area contributed by atoms with E-state index in [-0.39, 0.29) is 5.56 Å². The number of aromatic nitrogens is 4. The van der Waals surface area contributed by atoms with Crippen LogP contribution < -0.4 is 5.56 Å². The van der Waals surface area contributed by atoms with Gasteiger partial charge in [-0.1, -0.05) is 42.5 Å². The molecule has 0 radical (unpaired) electrons. The number of aromatic amines is 1. The molecule has 5 nitrogen and oxygen atoms in total. The van der Waals surface area contributed by atoms with Gasteiger partial charge >= 0.3 is 0 Å². The number of rotatable bonds is 3. The van der Waals surface area contributed by atoms with Gasteiger partial charge in [-0.2, -0.15) is 5.10 Å². The van der Waals surface area contributed by atoms with Crippen molar-refractivity contribution in [2.24, 2.45) is 0 Å². The van der Waals surface area contributed by atoms with E-state index in [1.807, 2.05) is 60.7 Å². The molecule has 4 rings (SSSR count). The van der Waals surface area contributed by atoms with Crippen LogP contribution in [0.2, 0.25) is 0 Å². The van der Waals surface area contributed by atoms with Gasteiger partial charge in [-0.15, -0.1) is 0 Å². The molecule has 116 valence electrons. The Kier molecular flexibility index (Phi) is 3.51. The molecule has 0 fully saturated rings. The number of fused-ring (bicyclic) bond motifs is 1. The second kappa shape index (κ2) is 5.96. The van der Waals surface area contributed by atoms with Gasteiger partial charge in [-0.3, -0.25) is 4.79 Å². The lowest BCUT2D eigenvalue weighted by molar-refractivity contribution is 0.855. The molecule has 0 aliphatic rings. The molecule has 0 saturated heterocycles. The van der Waals surface area contributed by atoms with Gasteiger partial charge in [0, 0.05) is 12.4 Å². The van der Waals surface area contributed by atoms with Crippen LogP contribution in [0.15, 0.2) is 71.7 Å². The molecule has 0 atom stereocenters. The summed E-state index contributed by atoms with van der Waals surface area (Å²) in [4.78, 5) is 20.3. The Bertz CT molecular complexity index is 1040. The Morgan fingerprint density at radius 1 is 0.958 bits per heavy atom. The Balaban J connectivity index is 1.75. The third kappa shape index (κ3) is 2.63. The van der Waals surface area contributed by atoms with Gasteiger partial charge in [0.25, 0.3) is 5.56 Å². The summed E-state index contributed by atoms with van der Waals surface area (Å²) in [5.74, 6) is 0.547. The SMILES string of the molecule is O=c1c(-c2nc3ccccc3[nH]2)ccnn1C=Cc1ccccc1. The molecule has 4 aromatic rings. The average Bonchev–Trinajstić information content (AvgIpc) is 3.05. The zero-order valence-corrected chi connectivity index (χ0v) is 12.8. The van der Waals surface area contributed by atoms with Crippen molar-refractivity contribution in [3.8, 4) is 11.4 Å². The first-order chi connectivity index (χ1) is 11.8. The van der Waals surface area contributed by atoms with E-state index in [1.165, 1.54) is 4.68 Å². The van der Waals surface area contributed by atoms with E-state index in [9.17, 15) is 4.79 Å². The molecule has 0 unspecified atom stereocenters. The molecule has 5 heteroatoms. The molecule has 0 saturated carbocycles. The van der Waals surface area contributed by atoms with E-state index in [2.05, 4.69) is 15.1 Å². The minimum atomic E-state index is -0.219. The van der Waals surface area contributed by atoms with Crippen molar-refractivity contribution in [2.75, 3.05) is 0 Å². The molecule has 24 heavy (non-hydrogen) atoms. The number of nitrogens with zero attached hydrogens (tertiary/aromatic N) is 3. The van der Waals surface area contributed by atoms with Crippen LogP contribution in [0.4, 0.5) is 0 Å². The lowest BCUT2D eigenvalue weighted by atomic mass is 10.2. The van der Waals surface area contributed by atoms with Gasteiger partial charge in [0.1, 0.15) is 5.82 Å². The van der Waals surface area contributed by atoms with Crippen LogP contribution in [-0.2, 0) is 0 Å². The third-order valence-corrected chi connectivity index (χ3v) is 3.72. The second-order valence-corrected chi connectivity index (χ2v) is 5.32. The number of benzene rings is 2.